The van der Waals surface area contributed by atoms with E-state index in [9.17, 15) is 0 Å². The molecule has 0 unspecified atom stereocenters. The minimum absolute atomic E-state index is 0.395. The molecule has 0 amide bonds. The number of aromatic nitrogens is 4. The van der Waals surface area contributed by atoms with Crippen molar-refractivity contribution in [2.24, 2.45) is 0 Å². The summed E-state index contributed by atoms with van der Waals surface area (Å²) in [4.78, 5) is 13.1. The van der Waals surface area contributed by atoms with E-state index in [-0.39, 0.29) is 0 Å². The molecule has 4 aromatic rings. The van der Waals surface area contributed by atoms with E-state index in [0.29, 0.717) is 17.1 Å². The number of nitrogens with one attached hydrogen (secondary N) is 2. The molecule has 0 radical (unpaired) electrons. The van der Waals surface area contributed by atoms with Crippen molar-refractivity contribution in [3.63, 3.8) is 0 Å². The third-order valence-corrected chi connectivity index (χ3v) is 5.80. The molecule has 1 aliphatic rings. The maximum Gasteiger partial charge on any atom is 0.245 e. The Bertz CT molecular complexity index is 1130. The van der Waals surface area contributed by atoms with E-state index in [1.165, 1.54) is 5.56 Å². The molecular formula is C21H21BrN7O+. The minimum atomic E-state index is 0.395. The van der Waals surface area contributed by atoms with Gasteiger partial charge in [-0.15, -0.1) is 0 Å². The third-order valence-electron chi connectivity index (χ3n) is 5.27. The quantitative estimate of drug-likeness (QED) is 0.467. The van der Waals surface area contributed by atoms with Crippen molar-refractivity contribution in [3.8, 4) is 0 Å². The number of piperazine rings is 1. The Labute approximate surface area is 182 Å². The Kier molecular flexibility index (Phi) is 5.29. The number of anilines is 3. The molecule has 3 heterocycles. The number of nitrogens with zero attached hydrogens (tertiary/aromatic N) is 5. The van der Waals surface area contributed by atoms with Crippen molar-refractivity contribution in [2.75, 3.05) is 36.4 Å². The Balaban J connectivity index is 1.36. The summed E-state index contributed by atoms with van der Waals surface area (Å²) in [6.07, 6.45) is 0. The van der Waals surface area contributed by atoms with E-state index in [2.05, 4.69) is 71.8 Å². The highest BCUT2D eigenvalue weighted by Crippen LogP contribution is 2.27. The Morgan fingerprint density at radius 1 is 0.933 bits per heavy atom. The Hall–Kier alpha value is -3.04. The van der Waals surface area contributed by atoms with Gasteiger partial charge in [-0.25, -0.2) is 14.6 Å². The fraction of sp³-hybridized carbons (Fsp3) is 0.238. The van der Waals surface area contributed by atoms with Crippen LogP contribution in [0.5, 0.6) is 0 Å². The van der Waals surface area contributed by atoms with E-state index in [1.54, 1.807) is 4.90 Å². The minimum Gasteiger partial charge on any atom is -0.342 e. The van der Waals surface area contributed by atoms with E-state index >= 15 is 0 Å². The standard InChI is InChI=1S/C21H20BrN7O/c22-16-6-8-17(9-7-16)23-20-21(25-19-18(24-20)26-30-27-19)29-12-10-28(11-13-29)14-15-4-2-1-3-5-15/h1-9H,10-14H2,(H,23,24,26)/p+1. The Morgan fingerprint density at radius 2 is 1.63 bits per heavy atom. The lowest BCUT2D eigenvalue weighted by molar-refractivity contribution is -0.914. The van der Waals surface area contributed by atoms with E-state index in [0.717, 1.165) is 48.7 Å². The predicted octanol–water partition coefficient (Wildman–Crippen LogP) is 2.42. The van der Waals surface area contributed by atoms with Gasteiger partial charge in [-0.2, -0.15) is 0 Å². The van der Waals surface area contributed by atoms with Crippen LogP contribution < -0.4 is 15.1 Å². The molecule has 0 atom stereocenters. The number of fused-ring (bicyclic) bond motifs is 1. The number of hydrogen-bond acceptors (Lipinski definition) is 7. The molecule has 2 N–H and O–H groups in total. The second-order valence-electron chi connectivity index (χ2n) is 7.34. The lowest BCUT2D eigenvalue weighted by atomic mass is 10.2. The summed E-state index contributed by atoms with van der Waals surface area (Å²) in [6.45, 7) is 4.88. The normalized spacial score (nSPS) is 14.9. The molecule has 152 valence electrons. The van der Waals surface area contributed by atoms with E-state index < -0.39 is 0 Å². The largest absolute Gasteiger partial charge is 0.342 e. The summed E-state index contributed by atoms with van der Waals surface area (Å²) >= 11 is 3.47. The summed E-state index contributed by atoms with van der Waals surface area (Å²) in [7, 11) is 0. The molecule has 2 aromatic heterocycles. The molecule has 1 fully saturated rings. The van der Waals surface area contributed by atoms with Crippen LogP contribution in [0.4, 0.5) is 17.3 Å². The zero-order valence-corrected chi connectivity index (χ0v) is 17.8. The summed E-state index contributed by atoms with van der Waals surface area (Å²) in [5.41, 5.74) is 3.11. The highest BCUT2D eigenvalue weighted by Gasteiger charge is 2.25. The van der Waals surface area contributed by atoms with Crippen molar-refractivity contribution in [1.82, 2.24) is 20.3 Å². The first kappa shape index (κ1) is 19.0. The van der Waals surface area contributed by atoms with Gasteiger partial charge in [-0.3, -0.25) is 0 Å². The van der Waals surface area contributed by atoms with Crippen LogP contribution >= 0.6 is 15.9 Å². The molecule has 0 aliphatic carbocycles. The number of halogens is 1. The van der Waals surface area contributed by atoms with Crippen LogP contribution in [0, 0.1) is 0 Å². The monoisotopic (exact) mass is 466 g/mol. The number of quaternary nitrogens is 1. The Morgan fingerprint density at radius 3 is 2.37 bits per heavy atom. The summed E-state index contributed by atoms with van der Waals surface area (Å²) in [5, 5.41) is 11.1. The first-order valence-corrected chi connectivity index (χ1v) is 10.7. The van der Waals surface area contributed by atoms with Crippen LogP contribution in [0.1, 0.15) is 5.56 Å². The van der Waals surface area contributed by atoms with Crippen LogP contribution in [0.3, 0.4) is 0 Å². The molecule has 8 nitrogen and oxygen atoms in total. The fourth-order valence-electron chi connectivity index (χ4n) is 3.70. The van der Waals surface area contributed by atoms with Crippen LogP contribution in [0.25, 0.3) is 11.3 Å². The molecule has 5 rings (SSSR count). The molecule has 30 heavy (non-hydrogen) atoms. The van der Waals surface area contributed by atoms with Gasteiger partial charge in [0.25, 0.3) is 0 Å². The predicted molar refractivity (Wildman–Crippen MR) is 118 cm³/mol. The van der Waals surface area contributed by atoms with Crippen LogP contribution in [-0.4, -0.2) is 46.5 Å². The van der Waals surface area contributed by atoms with Gasteiger partial charge >= 0.3 is 0 Å². The lowest BCUT2D eigenvalue weighted by Crippen LogP contribution is -3.13. The summed E-state index contributed by atoms with van der Waals surface area (Å²) in [5.74, 6) is 1.44. The topological polar surface area (TPSA) is 84.4 Å². The molecule has 2 aromatic carbocycles. The highest BCUT2D eigenvalue weighted by molar-refractivity contribution is 9.10. The molecular weight excluding hydrogens is 446 g/mol. The van der Waals surface area contributed by atoms with Crippen LogP contribution in [0.15, 0.2) is 63.7 Å². The van der Waals surface area contributed by atoms with Gasteiger partial charge in [-0.1, -0.05) is 46.3 Å². The van der Waals surface area contributed by atoms with Crippen LogP contribution in [-0.2, 0) is 6.54 Å². The summed E-state index contributed by atoms with van der Waals surface area (Å²) in [6, 6.07) is 18.6. The fourth-order valence-corrected chi connectivity index (χ4v) is 3.96. The molecule has 1 aliphatic heterocycles. The SMILES string of the molecule is Brc1ccc(Nc2nc3nonc3nc2N2CC[NH+](Cc3ccccc3)CC2)cc1. The van der Waals surface area contributed by atoms with E-state index in [4.69, 9.17) is 9.61 Å². The van der Waals surface area contributed by atoms with Gasteiger partial charge in [0.1, 0.15) is 6.54 Å². The first-order chi connectivity index (χ1) is 14.7. The number of rotatable bonds is 5. The zero-order chi connectivity index (χ0) is 20.3. The maximum atomic E-state index is 4.83. The third kappa shape index (κ3) is 4.12. The number of benzene rings is 2. The van der Waals surface area contributed by atoms with Gasteiger partial charge in [0.05, 0.1) is 26.2 Å². The van der Waals surface area contributed by atoms with Gasteiger partial charge in [0.2, 0.25) is 11.3 Å². The average molecular weight is 467 g/mol. The van der Waals surface area contributed by atoms with Gasteiger partial charge in [0, 0.05) is 15.7 Å². The molecule has 1 saturated heterocycles. The van der Waals surface area contributed by atoms with Crippen molar-refractivity contribution in [2.45, 2.75) is 6.54 Å². The van der Waals surface area contributed by atoms with Crippen molar-refractivity contribution >= 4 is 44.5 Å². The van der Waals surface area contributed by atoms with Crippen molar-refractivity contribution in [1.29, 1.82) is 0 Å². The van der Waals surface area contributed by atoms with Gasteiger partial charge < -0.3 is 15.1 Å². The average Bonchev–Trinajstić information content (AvgIpc) is 3.24. The molecule has 0 spiro atoms. The van der Waals surface area contributed by atoms with Crippen molar-refractivity contribution in [3.05, 3.63) is 64.6 Å². The van der Waals surface area contributed by atoms with Crippen LogP contribution in [0.2, 0.25) is 0 Å². The smallest absolute Gasteiger partial charge is 0.245 e. The first-order valence-electron chi connectivity index (χ1n) is 9.90. The maximum absolute atomic E-state index is 4.83. The highest BCUT2D eigenvalue weighted by atomic mass is 79.9. The summed E-state index contributed by atoms with van der Waals surface area (Å²) < 4.78 is 5.85. The molecule has 0 bridgehead atoms. The van der Waals surface area contributed by atoms with Gasteiger partial charge in [0.15, 0.2) is 11.6 Å². The number of hydrogen-bond donors (Lipinski definition) is 2. The zero-order valence-electron chi connectivity index (χ0n) is 16.3. The molecule has 0 saturated carbocycles. The van der Waals surface area contributed by atoms with E-state index in [1.807, 2.05) is 24.3 Å². The van der Waals surface area contributed by atoms with Crippen molar-refractivity contribution < 1.29 is 9.53 Å². The second kappa shape index (κ2) is 8.37. The van der Waals surface area contributed by atoms with Gasteiger partial charge in [-0.05, 0) is 34.6 Å². The second-order valence-corrected chi connectivity index (χ2v) is 8.25. The lowest BCUT2D eigenvalue weighted by Gasteiger charge is -2.33. The molecule has 9 heteroatoms.